The number of H-pyrrole nitrogens is 1. The first-order valence-electron chi connectivity index (χ1n) is 5.28. The number of carbonyl (C=O) groups excluding carboxylic acids is 1. The van der Waals surface area contributed by atoms with E-state index in [2.05, 4.69) is 9.97 Å². The van der Waals surface area contributed by atoms with Crippen molar-refractivity contribution in [3.63, 3.8) is 0 Å². The Hall–Kier alpha value is -1.92. The Labute approximate surface area is 98.6 Å². The number of aromatic nitrogens is 2. The molecular formula is C11H15N5O. The smallest absolute Gasteiger partial charge is 0.238 e. The predicted octanol–water partition coefficient (Wildman–Crippen LogP) is 0.285. The number of nitrogens with two attached hydrogens (primary N) is 2. The summed E-state index contributed by atoms with van der Waals surface area (Å²) in [6.07, 6.45) is 1.81. The van der Waals surface area contributed by atoms with Crippen LogP contribution in [0.4, 0.5) is 0 Å². The maximum Gasteiger partial charge on any atom is 0.238 e. The van der Waals surface area contributed by atoms with Crippen LogP contribution in [0.15, 0.2) is 24.5 Å². The molecule has 0 aliphatic carbocycles. The fourth-order valence-corrected chi connectivity index (χ4v) is 1.63. The Morgan fingerprint density at radius 3 is 3.06 bits per heavy atom. The second-order valence-corrected chi connectivity index (χ2v) is 3.99. The van der Waals surface area contributed by atoms with Gasteiger partial charge in [-0.2, -0.15) is 0 Å². The van der Waals surface area contributed by atoms with Crippen LogP contribution in [0.3, 0.4) is 0 Å². The summed E-state index contributed by atoms with van der Waals surface area (Å²) in [5.74, 6) is 5.16. The highest BCUT2D eigenvalue weighted by Gasteiger charge is 2.14. The first-order chi connectivity index (χ1) is 8.08. The van der Waals surface area contributed by atoms with Gasteiger partial charge in [-0.15, -0.1) is 0 Å². The molecule has 0 saturated heterocycles. The van der Waals surface area contributed by atoms with Gasteiger partial charge in [0.15, 0.2) is 0 Å². The zero-order valence-electron chi connectivity index (χ0n) is 9.55. The number of nitrogens with zero attached hydrogens (tertiary/aromatic N) is 2. The number of hydrogen-bond acceptors (Lipinski definition) is 4. The number of hydrazine groups is 1. The van der Waals surface area contributed by atoms with Gasteiger partial charge in [0.05, 0.1) is 17.4 Å². The van der Waals surface area contributed by atoms with Crippen LogP contribution in [-0.2, 0) is 4.79 Å². The second-order valence-electron chi connectivity index (χ2n) is 3.99. The van der Waals surface area contributed by atoms with Crippen molar-refractivity contribution in [2.45, 2.75) is 12.5 Å². The maximum atomic E-state index is 11.4. The van der Waals surface area contributed by atoms with Gasteiger partial charge in [0.2, 0.25) is 5.91 Å². The predicted molar refractivity (Wildman–Crippen MR) is 64.6 cm³/mol. The molecule has 0 bridgehead atoms. The number of fused-ring (bicyclic) bond motifs is 1. The molecule has 1 aromatic carbocycles. The van der Waals surface area contributed by atoms with E-state index in [-0.39, 0.29) is 18.4 Å². The Balaban J connectivity index is 2.18. The Morgan fingerprint density at radius 2 is 2.35 bits per heavy atom. The zero-order chi connectivity index (χ0) is 12.4. The highest BCUT2D eigenvalue weighted by Crippen LogP contribution is 2.19. The molecule has 1 heterocycles. The van der Waals surface area contributed by atoms with Crippen LogP contribution in [0.5, 0.6) is 0 Å². The Morgan fingerprint density at radius 1 is 1.59 bits per heavy atom. The fourth-order valence-electron chi connectivity index (χ4n) is 1.63. The van der Waals surface area contributed by atoms with Gasteiger partial charge >= 0.3 is 0 Å². The summed E-state index contributed by atoms with van der Waals surface area (Å²) in [4.78, 5) is 18.6. The van der Waals surface area contributed by atoms with E-state index in [1.54, 1.807) is 6.33 Å². The van der Waals surface area contributed by atoms with E-state index in [9.17, 15) is 4.79 Å². The van der Waals surface area contributed by atoms with Crippen LogP contribution in [-0.4, -0.2) is 27.9 Å². The summed E-state index contributed by atoms with van der Waals surface area (Å²) < 4.78 is 0. The fraction of sp³-hybridized carbons (Fsp3) is 0.273. The first-order valence-corrected chi connectivity index (χ1v) is 5.28. The third-order valence-electron chi connectivity index (χ3n) is 2.66. The van der Waals surface area contributed by atoms with E-state index in [0.29, 0.717) is 0 Å². The second kappa shape index (κ2) is 4.52. The lowest BCUT2D eigenvalue weighted by atomic mass is 10.0. The molecule has 5 N–H and O–H groups in total. The van der Waals surface area contributed by atoms with Crippen LogP contribution >= 0.6 is 0 Å². The van der Waals surface area contributed by atoms with Crippen molar-refractivity contribution in [2.24, 2.45) is 11.6 Å². The monoisotopic (exact) mass is 233 g/mol. The number of rotatable bonds is 3. The topological polar surface area (TPSA) is 101 Å². The van der Waals surface area contributed by atoms with Crippen LogP contribution in [0, 0.1) is 0 Å². The first kappa shape index (κ1) is 11.6. The standard InChI is InChI=1S/C11H15N5O/c1-16(13)11(17)5-8(12)7-2-3-9-10(4-7)15-6-14-9/h2-4,6,8H,5,12-13H2,1H3,(H,14,15). The highest BCUT2D eigenvalue weighted by molar-refractivity contribution is 5.77. The number of aromatic amines is 1. The Kier molecular flexibility index (Phi) is 3.08. The van der Waals surface area contributed by atoms with Gasteiger partial charge in [-0.1, -0.05) is 6.07 Å². The lowest BCUT2D eigenvalue weighted by Crippen LogP contribution is -2.35. The van der Waals surface area contributed by atoms with E-state index < -0.39 is 0 Å². The minimum absolute atomic E-state index is 0.187. The van der Waals surface area contributed by atoms with E-state index in [4.69, 9.17) is 11.6 Å². The minimum Gasteiger partial charge on any atom is -0.345 e. The van der Waals surface area contributed by atoms with Gasteiger partial charge in [0, 0.05) is 19.5 Å². The molecule has 1 atom stereocenters. The van der Waals surface area contributed by atoms with Crippen LogP contribution in [0.25, 0.3) is 11.0 Å². The lowest BCUT2D eigenvalue weighted by molar-refractivity contribution is -0.130. The Bertz CT molecular complexity index is 533. The van der Waals surface area contributed by atoms with E-state index in [1.165, 1.54) is 7.05 Å². The molecule has 0 fully saturated rings. The number of benzene rings is 1. The van der Waals surface area contributed by atoms with Crippen molar-refractivity contribution < 1.29 is 4.79 Å². The molecule has 0 aliphatic heterocycles. The SMILES string of the molecule is CN(N)C(=O)CC(N)c1ccc2nc[nH]c2c1. The summed E-state index contributed by atoms with van der Waals surface area (Å²) in [6.45, 7) is 0. The van der Waals surface area contributed by atoms with Crippen molar-refractivity contribution >= 4 is 16.9 Å². The van der Waals surface area contributed by atoms with Crippen LogP contribution < -0.4 is 11.6 Å². The summed E-state index contributed by atoms with van der Waals surface area (Å²) in [5.41, 5.74) is 8.63. The van der Waals surface area contributed by atoms with Crippen molar-refractivity contribution in [3.8, 4) is 0 Å². The number of carbonyl (C=O) groups is 1. The molecule has 0 saturated carbocycles. The molecule has 1 unspecified atom stereocenters. The molecule has 2 rings (SSSR count). The number of amides is 1. The average molecular weight is 233 g/mol. The van der Waals surface area contributed by atoms with Gasteiger partial charge in [-0.3, -0.25) is 9.80 Å². The van der Waals surface area contributed by atoms with Crippen molar-refractivity contribution in [3.05, 3.63) is 30.1 Å². The maximum absolute atomic E-state index is 11.4. The van der Waals surface area contributed by atoms with Gasteiger partial charge < -0.3 is 10.7 Å². The summed E-state index contributed by atoms with van der Waals surface area (Å²) in [5, 5.41) is 1.05. The van der Waals surface area contributed by atoms with E-state index >= 15 is 0 Å². The summed E-state index contributed by atoms with van der Waals surface area (Å²) in [6, 6.07) is 5.28. The van der Waals surface area contributed by atoms with Gasteiger partial charge in [0.1, 0.15) is 0 Å². The largest absolute Gasteiger partial charge is 0.345 e. The highest BCUT2D eigenvalue weighted by atomic mass is 16.2. The van der Waals surface area contributed by atoms with Gasteiger partial charge in [-0.05, 0) is 17.7 Å². The molecule has 17 heavy (non-hydrogen) atoms. The van der Waals surface area contributed by atoms with Gasteiger partial charge in [-0.25, -0.2) is 10.8 Å². The van der Waals surface area contributed by atoms with Crippen molar-refractivity contribution in [1.29, 1.82) is 0 Å². The van der Waals surface area contributed by atoms with Crippen molar-refractivity contribution in [2.75, 3.05) is 7.05 Å². The molecule has 6 heteroatoms. The molecule has 2 aromatic rings. The quantitative estimate of drug-likeness (QED) is 0.403. The molecule has 6 nitrogen and oxygen atoms in total. The summed E-state index contributed by atoms with van der Waals surface area (Å²) >= 11 is 0. The normalized spacial score (nSPS) is 12.6. The van der Waals surface area contributed by atoms with Crippen LogP contribution in [0.2, 0.25) is 0 Å². The minimum atomic E-state index is -0.360. The summed E-state index contributed by atoms with van der Waals surface area (Å²) in [7, 11) is 1.51. The van der Waals surface area contributed by atoms with Gasteiger partial charge in [0.25, 0.3) is 0 Å². The number of nitrogens with one attached hydrogen (secondary N) is 1. The number of imidazole rings is 1. The van der Waals surface area contributed by atoms with E-state index in [0.717, 1.165) is 21.6 Å². The zero-order valence-corrected chi connectivity index (χ0v) is 9.55. The van der Waals surface area contributed by atoms with Crippen LogP contribution in [0.1, 0.15) is 18.0 Å². The molecule has 1 aromatic heterocycles. The third-order valence-corrected chi connectivity index (χ3v) is 2.66. The van der Waals surface area contributed by atoms with Crippen molar-refractivity contribution in [1.82, 2.24) is 15.0 Å². The molecular weight excluding hydrogens is 218 g/mol. The molecule has 0 aliphatic rings. The molecule has 0 spiro atoms. The molecule has 1 amide bonds. The van der Waals surface area contributed by atoms with E-state index in [1.807, 2.05) is 18.2 Å². The third kappa shape index (κ3) is 2.43. The average Bonchev–Trinajstić information content (AvgIpc) is 2.75. The molecule has 0 radical (unpaired) electrons. The number of hydrogen-bond donors (Lipinski definition) is 3. The lowest BCUT2D eigenvalue weighted by Gasteiger charge is -2.15. The molecule has 90 valence electrons.